The van der Waals surface area contributed by atoms with Gasteiger partial charge >= 0.3 is 0 Å². The Morgan fingerprint density at radius 2 is 1.78 bits per heavy atom. The van der Waals surface area contributed by atoms with E-state index in [0.29, 0.717) is 25.3 Å². The monoisotopic (exact) mass is 543 g/mol. The third-order valence-electron chi connectivity index (χ3n) is 6.74. The van der Waals surface area contributed by atoms with Crippen LogP contribution in [0.4, 0.5) is 5.69 Å². The van der Waals surface area contributed by atoms with Gasteiger partial charge in [0, 0.05) is 46.8 Å². The van der Waals surface area contributed by atoms with Gasteiger partial charge in [-0.25, -0.2) is 4.98 Å². The highest BCUT2D eigenvalue weighted by Gasteiger charge is 2.29. The molecule has 1 aliphatic heterocycles. The van der Waals surface area contributed by atoms with E-state index in [2.05, 4.69) is 58.9 Å². The molecule has 3 aromatic carbocycles. The van der Waals surface area contributed by atoms with Gasteiger partial charge in [-0.05, 0) is 81.4 Å². The lowest BCUT2D eigenvalue weighted by molar-refractivity contribution is 0.0728. The Labute approximate surface area is 220 Å². The fourth-order valence-corrected chi connectivity index (χ4v) is 5.20. The third kappa shape index (κ3) is 4.96. The summed E-state index contributed by atoms with van der Waals surface area (Å²) in [6.45, 7) is 9.02. The third-order valence-corrected chi connectivity index (χ3v) is 7.24. The number of anilines is 1. The van der Waals surface area contributed by atoms with Crippen molar-refractivity contribution in [3.63, 3.8) is 0 Å². The summed E-state index contributed by atoms with van der Waals surface area (Å²) < 4.78 is 6.52. The molecule has 0 saturated carbocycles. The fraction of sp³-hybridized carbons (Fsp3) is 0.267. The highest BCUT2D eigenvalue weighted by Crippen LogP contribution is 2.30. The molecule has 0 aliphatic carbocycles. The van der Waals surface area contributed by atoms with Crippen LogP contribution < -0.4 is 9.64 Å². The predicted octanol–water partition coefficient (Wildman–Crippen LogP) is 6.72. The van der Waals surface area contributed by atoms with Gasteiger partial charge in [0.25, 0.3) is 5.91 Å². The molecule has 0 radical (unpaired) electrons. The second-order valence-electron chi connectivity index (χ2n) is 9.30. The number of halogens is 1. The molecule has 0 spiro atoms. The number of hydrogen-bond donors (Lipinski definition) is 0. The molecule has 1 fully saturated rings. The zero-order chi connectivity index (χ0) is 25.2. The van der Waals surface area contributed by atoms with Gasteiger partial charge in [-0.3, -0.25) is 4.79 Å². The molecule has 2 heterocycles. The number of fused-ring (bicyclic) bond motifs is 1. The maximum atomic E-state index is 13.9. The lowest BCUT2D eigenvalue weighted by Crippen LogP contribution is -2.53. The Morgan fingerprint density at radius 1 is 1.03 bits per heavy atom. The molecule has 0 bridgehead atoms. The van der Waals surface area contributed by atoms with E-state index >= 15 is 0 Å². The number of benzene rings is 3. The number of ether oxygens (including phenoxy) is 1. The van der Waals surface area contributed by atoms with Crippen LogP contribution in [0, 0.1) is 6.92 Å². The second-order valence-corrected chi connectivity index (χ2v) is 10.2. The number of aromatic nitrogens is 1. The maximum absolute atomic E-state index is 13.9. The summed E-state index contributed by atoms with van der Waals surface area (Å²) in [5, 5.41) is 0.859. The zero-order valence-corrected chi connectivity index (χ0v) is 22.5. The summed E-state index contributed by atoms with van der Waals surface area (Å²) in [5.41, 5.74) is 5.67. The SMILES string of the molecule is CCOc1ccc(-c2cc(C(=O)N3CCN(c4ccc(C)cc4)[C@@H](C)C3)c3cc(Br)ccc3n2)cc1. The Morgan fingerprint density at radius 3 is 2.47 bits per heavy atom. The molecule has 184 valence electrons. The number of carbonyl (C=O) groups is 1. The van der Waals surface area contributed by atoms with Gasteiger partial charge in [0.2, 0.25) is 0 Å². The molecular formula is C30H30BrN3O2. The number of carbonyl (C=O) groups excluding carboxylic acids is 1. The average Bonchev–Trinajstić information content (AvgIpc) is 2.89. The molecule has 6 heteroatoms. The molecule has 1 amide bonds. The maximum Gasteiger partial charge on any atom is 0.254 e. The molecule has 0 N–H and O–H groups in total. The Bertz CT molecular complexity index is 1390. The van der Waals surface area contributed by atoms with Crippen molar-refractivity contribution in [1.29, 1.82) is 0 Å². The van der Waals surface area contributed by atoms with E-state index in [0.717, 1.165) is 38.9 Å². The molecule has 1 aliphatic rings. The smallest absolute Gasteiger partial charge is 0.254 e. The van der Waals surface area contributed by atoms with Gasteiger partial charge in [-0.15, -0.1) is 0 Å². The van der Waals surface area contributed by atoms with Crippen molar-refractivity contribution in [2.75, 3.05) is 31.1 Å². The summed E-state index contributed by atoms with van der Waals surface area (Å²) in [6, 6.07) is 24.6. The van der Waals surface area contributed by atoms with Crippen molar-refractivity contribution in [3.05, 3.63) is 88.4 Å². The lowest BCUT2D eigenvalue weighted by Gasteiger charge is -2.41. The van der Waals surface area contributed by atoms with E-state index in [4.69, 9.17) is 9.72 Å². The lowest BCUT2D eigenvalue weighted by atomic mass is 10.0. The quantitative estimate of drug-likeness (QED) is 0.280. The summed E-state index contributed by atoms with van der Waals surface area (Å²) in [4.78, 5) is 23.2. The van der Waals surface area contributed by atoms with Crippen molar-refractivity contribution < 1.29 is 9.53 Å². The van der Waals surface area contributed by atoms with E-state index in [9.17, 15) is 4.79 Å². The Hall–Kier alpha value is -3.38. The first-order chi connectivity index (χ1) is 17.4. The van der Waals surface area contributed by atoms with Crippen LogP contribution in [0.15, 0.2) is 77.3 Å². The van der Waals surface area contributed by atoms with Crippen LogP contribution in [0.3, 0.4) is 0 Å². The number of nitrogens with zero attached hydrogens (tertiary/aromatic N) is 3. The number of amides is 1. The molecule has 4 aromatic rings. The van der Waals surface area contributed by atoms with Crippen LogP contribution in [-0.2, 0) is 0 Å². The number of piperazine rings is 1. The van der Waals surface area contributed by atoms with Crippen LogP contribution in [0.5, 0.6) is 5.75 Å². The standard InChI is InChI=1S/C30H30BrN3O2/c1-4-36-25-12-7-22(8-13-25)29-18-27(26-17-23(31)9-14-28(26)32-29)30(35)33-15-16-34(21(3)19-33)24-10-5-20(2)6-11-24/h5-14,17-18,21H,4,15-16,19H2,1-3H3/t21-/m0/s1. The van der Waals surface area contributed by atoms with Crippen molar-refractivity contribution in [2.24, 2.45) is 0 Å². The molecular weight excluding hydrogens is 514 g/mol. The predicted molar refractivity (Wildman–Crippen MR) is 150 cm³/mol. The van der Waals surface area contributed by atoms with Gasteiger partial charge < -0.3 is 14.5 Å². The minimum absolute atomic E-state index is 0.0445. The van der Waals surface area contributed by atoms with Crippen LogP contribution >= 0.6 is 15.9 Å². The number of aryl methyl sites for hydroxylation is 1. The normalized spacial score (nSPS) is 15.8. The first kappa shape index (κ1) is 24.3. The van der Waals surface area contributed by atoms with Gasteiger partial charge in [-0.1, -0.05) is 33.6 Å². The van der Waals surface area contributed by atoms with Crippen LogP contribution in [-0.4, -0.2) is 48.1 Å². The van der Waals surface area contributed by atoms with Gasteiger partial charge in [0.15, 0.2) is 0 Å². The Balaban J connectivity index is 1.46. The van der Waals surface area contributed by atoms with Crippen molar-refractivity contribution in [2.45, 2.75) is 26.8 Å². The molecule has 36 heavy (non-hydrogen) atoms. The Kier molecular flexibility index (Phi) is 6.97. The van der Waals surface area contributed by atoms with E-state index in [-0.39, 0.29) is 11.9 Å². The summed E-state index contributed by atoms with van der Waals surface area (Å²) in [6.07, 6.45) is 0. The van der Waals surface area contributed by atoms with E-state index < -0.39 is 0 Å². The number of rotatable bonds is 5. The largest absolute Gasteiger partial charge is 0.494 e. The minimum Gasteiger partial charge on any atom is -0.494 e. The van der Waals surface area contributed by atoms with E-state index in [1.807, 2.05) is 60.4 Å². The van der Waals surface area contributed by atoms with Crippen LogP contribution in [0.2, 0.25) is 0 Å². The number of pyridine rings is 1. The van der Waals surface area contributed by atoms with Gasteiger partial charge in [0.05, 0.1) is 23.4 Å². The average molecular weight is 544 g/mol. The van der Waals surface area contributed by atoms with Gasteiger partial charge in [0.1, 0.15) is 5.75 Å². The summed E-state index contributed by atoms with van der Waals surface area (Å²) >= 11 is 3.57. The van der Waals surface area contributed by atoms with Crippen LogP contribution in [0.25, 0.3) is 22.2 Å². The first-order valence-electron chi connectivity index (χ1n) is 12.4. The molecule has 1 atom stereocenters. The zero-order valence-electron chi connectivity index (χ0n) is 20.9. The molecule has 5 nitrogen and oxygen atoms in total. The highest BCUT2D eigenvalue weighted by atomic mass is 79.9. The van der Waals surface area contributed by atoms with Crippen molar-refractivity contribution >= 4 is 38.4 Å². The van der Waals surface area contributed by atoms with Crippen LogP contribution in [0.1, 0.15) is 29.8 Å². The highest BCUT2D eigenvalue weighted by molar-refractivity contribution is 9.10. The molecule has 5 rings (SSSR count). The van der Waals surface area contributed by atoms with Gasteiger partial charge in [-0.2, -0.15) is 0 Å². The molecule has 1 aromatic heterocycles. The van der Waals surface area contributed by atoms with Crippen molar-refractivity contribution in [3.8, 4) is 17.0 Å². The molecule has 0 unspecified atom stereocenters. The van der Waals surface area contributed by atoms with Crippen molar-refractivity contribution in [1.82, 2.24) is 9.88 Å². The topological polar surface area (TPSA) is 45.7 Å². The number of hydrogen-bond acceptors (Lipinski definition) is 4. The minimum atomic E-state index is 0.0445. The fourth-order valence-electron chi connectivity index (χ4n) is 4.84. The summed E-state index contributed by atoms with van der Waals surface area (Å²) in [7, 11) is 0. The first-order valence-corrected chi connectivity index (χ1v) is 13.2. The summed E-state index contributed by atoms with van der Waals surface area (Å²) in [5.74, 6) is 0.866. The van der Waals surface area contributed by atoms with E-state index in [1.54, 1.807) is 0 Å². The molecule has 1 saturated heterocycles. The second kappa shape index (κ2) is 10.3. The van der Waals surface area contributed by atoms with E-state index in [1.165, 1.54) is 11.3 Å².